The lowest BCUT2D eigenvalue weighted by molar-refractivity contribution is 0.0486. The second-order valence-electron chi connectivity index (χ2n) is 7.74. The SMILES string of the molecule is CN(Cc1ccccc1)CC1(N2CCNCC2)Cc2ccccc2C1.Cl.Cl.Cl. The quantitative estimate of drug-likeness (QED) is 0.756. The van der Waals surface area contributed by atoms with E-state index in [1.54, 1.807) is 11.1 Å². The monoisotopic (exact) mass is 443 g/mol. The molecule has 0 aromatic heterocycles. The Bertz CT molecular complexity index is 680. The molecule has 28 heavy (non-hydrogen) atoms. The average molecular weight is 445 g/mol. The Kier molecular flexibility index (Phi) is 10.3. The molecule has 1 aliphatic heterocycles. The molecular weight excluding hydrogens is 413 g/mol. The van der Waals surface area contributed by atoms with Gasteiger partial charge >= 0.3 is 0 Å². The molecule has 2 aromatic rings. The number of halogens is 3. The molecule has 3 nitrogen and oxygen atoms in total. The highest BCUT2D eigenvalue weighted by Gasteiger charge is 2.43. The third-order valence-electron chi connectivity index (χ3n) is 5.80. The van der Waals surface area contributed by atoms with E-state index in [2.05, 4.69) is 76.8 Å². The maximum absolute atomic E-state index is 3.51. The van der Waals surface area contributed by atoms with Crippen LogP contribution in [0.25, 0.3) is 0 Å². The van der Waals surface area contributed by atoms with Gasteiger partial charge in [-0.1, -0.05) is 54.6 Å². The number of rotatable bonds is 5. The smallest absolute Gasteiger partial charge is 0.0418 e. The Balaban J connectivity index is 0.00000131. The predicted molar refractivity (Wildman–Crippen MR) is 126 cm³/mol. The van der Waals surface area contributed by atoms with Crippen molar-refractivity contribution in [2.45, 2.75) is 24.9 Å². The van der Waals surface area contributed by atoms with Crippen molar-refractivity contribution >= 4 is 37.2 Å². The molecule has 0 spiro atoms. The summed E-state index contributed by atoms with van der Waals surface area (Å²) in [7, 11) is 2.28. The Morgan fingerprint density at radius 2 is 1.39 bits per heavy atom. The molecule has 4 rings (SSSR count). The summed E-state index contributed by atoms with van der Waals surface area (Å²) >= 11 is 0. The van der Waals surface area contributed by atoms with Gasteiger partial charge in [-0.25, -0.2) is 0 Å². The van der Waals surface area contributed by atoms with Gasteiger partial charge in [0.2, 0.25) is 0 Å². The van der Waals surface area contributed by atoms with E-state index in [-0.39, 0.29) is 42.8 Å². The third kappa shape index (κ3) is 5.63. The van der Waals surface area contributed by atoms with Crippen LogP contribution in [0.5, 0.6) is 0 Å². The highest BCUT2D eigenvalue weighted by atomic mass is 35.5. The molecule has 0 saturated carbocycles. The first-order valence-corrected chi connectivity index (χ1v) is 9.50. The molecule has 1 N–H and O–H groups in total. The number of fused-ring (bicyclic) bond motifs is 1. The Hall–Kier alpha value is -0.810. The maximum atomic E-state index is 3.51. The third-order valence-corrected chi connectivity index (χ3v) is 5.80. The molecule has 0 unspecified atom stereocenters. The molecule has 0 bridgehead atoms. The van der Waals surface area contributed by atoms with E-state index in [4.69, 9.17) is 0 Å². The molecule has 0 radical (unpaired) electrons. The van der Waals surface area contributed by atoms with E-state index < -0.39 is 0 Å². The fraction of sp³-hybridized carbons (Fsp3) is 0.455. The van der Waals surface area contributed by atoms with Crippen LogP contribution in [0.1, 0.15) is 16.7 Å². The lowest BCUT2D eigenvalue weighted by Gasteiger charge is -2.45. The summed E-state index contributed by atoms with van der Waals surface area (Å²) in [4.78, 5) is 5.27. The van der Waals surface area contributed by atoms with Crippen molar-refractivity contribution in [2.75, 3.05) is 39.8 Å². The van der Waals surface area contributed by atoms with Gasteiger partial charge < -0.3 is 10.2 Å². The van der Waals surface area contributed by atoms with Crippen LogP contribution < -0.4 is 5.32 Å². The fourth-order valence-electron chi connectivity index (χ4n) is 4.70. The van der Waals surface area contributed by atoms with Crippen LogP contribution in [0.3, 0.4) is 0 Å². The highest BCUT2D eigenvalue weighted by molar-refractivity contribution is 5.86. The van der Waals surface area contributed by atoms with Crippen LogP contribution in [0.4, 0.5) is 0 Å². The number of hydrogen-bond acceptors (Lipinski definition) is 3. The number of nitrogens with zero attached hydrogens (tertiary/aromatic N) is 2. The van der Waals surface area contributed by atoms with Gasteiger partial charge in [0.05, 0.1) is 0 Å². The van der Waals surface area contributed by atoms with Crippen LogP contribution in [0.2, 0.25) is 0 Å². The van der Waals surface area contributed by atoms with E-state index in [0.29, 0.717) is 0 Å². The summed E-state index contributed by atoms with van der Waals surface area (Å²) in [5.41, 5.74) is 4.74. The minimum absolute atomic E-state index is 0. The molecule has 2 aliphatic rings. The first-order chi connectivity index (χ1) is 12.3. The van der Waals surface area contributed by atoms with Crippen molar-refractivity contribution in [3.8, 4) is 0 Å². The largest absolute Gasteiger partial charge is 0.314 e. The minimum atomic E-state index is 0. The van der Waals surface area contributed by atoms with Crippen LogP contribution >= 0.6 is 37.2 Å². The Labute approximate surface area is 188 Å². The topological polar surface area (TPSA) is 18.5 Å². The molecule has 0 atom stereocenters. The first-order valence-electron chi connectivity index (χ1n) is 9.50. The summed E-state index contributed by atoms with van der Waals surface area (Å²) in [6.07, 6.45) is 2.37. The number of likely N-dealkylation sites (N-methyl/N-ethyl adjacent to an activating group) is 1. The van der Waals surface area contributed by atoms with Gasteiger partial charge in [0.25, 0.3) is 0 Å². The summed E-state index contributed by atoms with van der Waals surface area (Å²) in [6, 6.07) is 19.9. The molecule has 0 amide bonds. The molecule has 1 aliphatic carbocycles. The van der Waals surface area contributed by atoms with Gasteiger partial charge in [0, 0.05) is 44.8 Å². The van der Waals surface area contributed by atoms with Crippen LogP contribution in [0, 0.1) is 0 Å². The van der Waals surface area contributed by atoms with Crippen molar-refractivity contribution in [1.29, 1.82) is 0 Å². The molecule has 1 fully saturated rings. The van der Waals surface area contributed by atoms with Crippen molar-refractivity contribution < 1.29 is 0 Å². The minimum Gasteiger partial charge on any atom is -0.314 e. The van der Waals surface area contributed by atoms with Crippen molar-refractivity contribution in [2.24, 2.45) is 0 Å². The highest BCUT2D eigenvalue weighted by Crippen LogP contribution is 2.35. The molecule has 6 heteroatoms. The predicted octanol–water partition coefficient (Wildman–Crippen LogP) is 3.83. The normalized spacial score (nSPS) is 17.8. The van der Waals surface area contributed by atoms with E-state index in [1.807, 2.05) is 0 Å². The lowest BCUT2D eigenvalue weighted by Crippen LogP contribution is -2.61. The zero-order valence-electron chi connectivity index (χ0n) is 16.5. The van der Waals surface area contributed by atoms with Gasteiger partial charge in [-0.05, 0) is 36.6 Å². The lowest BCUT2D eigenvalue weighted by atomic mass is 9.91. The van der Waals surface area contributed by atoms with E-state index >= 15 is 0 Å². The summed E-state index contributed by atoms with van der Waals surface area (Å²) in [5, 5.41) is 3.51. The Morgan fingerprint density at radius 1 is 0.857 bits per heavy atom. The molecule has 2 aromatic carbocycles. The van der Waals surface area contributed by atoms with Crippen LogP contribution in [-0.4, -0.2) is 55.1 Å². The van der Waals surface area contributed by atoms with Gasteiger partial charge in [-0.3, -0.25) is 4.90 Å². The fourth-order valence-corrected chi connectivity index (χ4v) is 4.70. The van der Waals surface area contributed by atoms with Gasteiger partial charge in [0.1, 0.15) is 0 Å². The second kappa shape index (κ2) is 11.4. The molecular formula is C22H32Cl3N3. The number of hydrogen-bond donors (Lipinski definition) is 1. The first kappa shape index (κ1) is 25.2. The van der Waals surface area contributed by atoms with E-state index in [0.717, 1.165) is 39.3 Å². The van der Waals surface area contributed by atoms with Gasteiger partial charge in [-0.2, -0.15) is 0 Å². The molecule has 156 valence electrons. The Morgan fingerprint density at radius 3 is 1.96 bits per heavy atom. The summed E-state index contributed by atoms with van der Waals surface area (Å²) < 4.78 is 0. The van der Waals surface area contributed by atoms with Crippen LogP contribution in [0.15, 0.2) is 54.6 Å². The van der Waals surface area contributed by atoms with Gasteiger partial charge in [-0.15, -0.1) is 37.2 Å². The summed E-state index contributed by atoms with van der Waals surface area (Å²) in [5.74, 6) is 0. The average Bonchev–Trinajstić information content (AvgIpc) is 3.02. The number of benzene rings is 2. The standard InChI is InChI=1S/C22H29N3.3ClH/c1-24(17-19-7-3-2-4-8-19)18-22(25-13-11-23-12-14-25)15-20-9-5-6-10-21(20)16-22;;;/h2-10,23H,11-18H2,1H3;3*1H. The zero-order chi connectivity index (χ0) is 17.1. The maximum Gasteiger partial charge on any atom is 0.0418 e. The second-order valence-corrected chi connectivity index (χ2v) is 7.74. The molecule has 1 heterocycles. The summed E-state index contributed by atoms with van der Waals surface area (Å²) in [6.45, 7) is 6.68. The zero-order valence-corrected chi connectivity index (χ0v) is 18.9. The van der Waals surface area contributed by atoms with Crippen LogP contribution in [-0.2, 0) is 19.4 Å². The van der Waals surface area contributed by atoms with E-state index in [9.17, 15) is 0 Å². The number of piperazine rings is 1. The van der Waals surface area contributed by atoms with E-state index in [1.165, 1.54) is 18.4 Å². The number of nitrogens with one attached hydrogen (secondary N) is 1. The van der Waals surface area contributed by atoms with Crippen molar-refractivity contribution in [1.82, 2.24) is 15.1 Å². The van der Waals surface area contributed by atoms with Crippen molar-refractivity contribution in [3.05, 3.63) is 71.3 Å². The van der Waals surface area contributed by atoms with Gasteiger partial charge in [0.15, 0.2) is 0 Å². The molecule has 1 saturated heterocycles. The van der Waals surface area contributed by atoms with Crippen molar-refractivity contribution in [3.63, 3.8) is 0 Å².